The molecule has 4 N–H and O–H groups in total. The first-order valence-corrected chi connectivity index (χ1v) is 6.84. The number of pyridine rings is 1. The van der Waals surface area contributed by atoms with Gasteiger partial charge in [-0.15, -0.1) is 0 Å². The average molecular weight is 298 g/mol. The lowest BCUT2D eigenvalue weighted by Gasteiger charge is -2.18. The van der Waals surface area contributed by atoms with Crippen LogP contribution in [0.2, 0.25) is 0 Å². The summed E-state index contributed by atoms with van der Waals surface area (Å²) in [5.41, 5.74) is 7.94. The van der Waals surface area contributed by atoms with E-state index >= 15 is 0 Å². The zero-order chi connectivity index (χ0) is 15.7. The van der Waals surface area contributed by atoms with Gasteiger partial charge in [-0.2, -0.15) is 0 Å². The van der Waals surface area contributed by atoms with Gasteiger partial charge in [0, 0.05) is 23.8 Å². The first-order chi connectivity index (χ1) is 10.6. The fraction of sp³-hybridized carbons (Fsp3) is 0.125. The minimum atomic E-state index is -0.551. The number of fused-ring (bicyclic) bond motifs is 1. The van der Waals surface area contributed by atoms with Crippen LogP contribution in [-0.4, -0.2) is 15.9 Å². The summed E-state index contributed by atoms with van der Waals surface area (Å²) in [7, 11) is 0. The summed E-state index contributed by atoms with van der Waals surface area (Å²) in [6.45, 7) is 1.93. The van der Waals surface area contributed by atoms with Crippen molar-refractivity contribution in [3.63, 3.8) is 0 Å². The van der Waals surface area contributed by atoms with Crippen LogP contribution in [0.3, 0.4) is 0 Å². The fourth-order valence-electron chi connectivity index (χ4n) is 2.40. The SMILES string of the molecule is CC(Nc1c(C(N)=O)cnc2[nH]ccc12)c1ccc(F)cc1. The summed E-state index contributed by atoms with van der Waals surface area (Å²) >= 11 is 0. The molecule has 2 heterocycles. The molecule has 1 atom stereocenters. The Morgan fingerprint density at radius 3 is 2.73 bits per heavy atom. The second-order valence-electron chi connectivity index (χ2n) is 5.07. The number of hydrogen-bond donors (Lipinski definition) is 3. The summed E-state index contributed by atoms with van der Waals surface area (Å²) < 4.78 is 13.0. The number of anilines is 1. The zero-order valence-corrected chi connectivity index (χ0v) is 11.9. The van der Waals surface area contributed by atoms with Crippen LogP contribution in [0, 0.1) is 5.82 Å². The molecule has 0 aliphatic rings. The smallest absolute Gasteiger partial charge is 0.252 e. The molecular weight excluding hydrogens is 283 g/mol. The molecule has 112 valence electrons. The van der Waals surface area contributed by atoms with Gasteiger partial charge in [0.2, 0.25) is 0 Å². The molecule has 1 amide bonds. The van der Waals surface area contributed by atoms with Crippen molar-refractivity contribution in [2.75, 3.05) is 5.32 Å². The lowest BCUT2D eigenvalue weighted by Crippen LogP contribution is -2.16. The largest absolute Gasteiger partial charge is 0.377 e. The number of aromatic nitrogens is 2. The van der Waals surface area contributed by atoms with Crippen molar-refractivity contribution >= 4 is 22.6 Å². The maximum absolute atomic E-state index is 13.0. The lowest BCUT2D eigenvalue weighted by molar-refractivity contribution is 0.100. The molecule has 0 saturated carbocycles. The normalized spacial score (nSPS) is 12.3. The van der Waals surface area contributed by atoms with Gasteiger partial charge < -0.3 is 16.0 Å². The zero-order valence-electron chi connectivity index (χ0n) is 11.9. The molecule has 2 aromatic heterocycles. The molecule has 3 rings (SSSR count). The number of carbonyl (C=O) groups is 1. The number of nitrogens with two attached hydrogens (primary N) is 1. The van der Waals surface area contributed by atoms with Crippen LogP contribution < -0.4 is 11.1 Å². The van der Waals surface area contributed by atoms with Gasteiger partial charge in [-0.3, -0.25) is 4.79 Å². The number of benzene rings is 1. The number of hydrogen-bond acceptors (Lipinski definition) is 3. The third-order valence-corrected chi connectivity index (χ3v) is 3.58. The Labute approximate surface area is 126 Å². The molecule has 0 fully saturated rings. The lowest BCUT2D eigenvalue weighted by atomic mass is 10.1. The van der Waals surface area contributed by atoms with E-state index in [1.54, 1.807) is 18.3 Å². The summed E-state index contributed by atoms with van der Waals surface area (Å²) in [4.78, 5) is 18.8. The maximum Gasteiger partial charge on any atom is 0.252 e. The van der Waals surface area contributed by atoms with E-state index in [1.807, 2.05) is 13.0 Å². The fourth-order valence-corrected chi connectivity index (χ4v) is 2.40. The van der Waals surface area contributed by atoms with E-state index in [4.69, 9.17) is 5.73 Å². The van der Waals surface area contributed by atoms with Gasteiger partial charge >= 0.3 is 0 Å². The van der Waals surface area contributed by atoms with Gasteiger partial charge in [-0.25, -0.2) is 9.37 Å². The van der Waals surface area contributed by atoms with Crippen molar-refractivity contribution in [1.82, 2.24) is 9.97 Å². The number of carbonyl (C=O) groups excluding carboxylic acids is 1. The third-order valence-electron chi connectivity index (χ3n) is 3.58. The highest BCUT2D eigenvalue weighted by atomic mass is 19.1. The van der Waals surface area contributed by atoms with Crippen molar-refractivity contribution in [1.29, 1.82) is 0 Å². The molecule has 0 aliphatic carbocycles. The summed E-state index contributed by atoms with van der Waals surface area (Å²) in [5.74, 6) is -0.838. The Kier molecular flexibility index (Phi) is 3.50. The second-order valence-corrected chi connectivity index (χ2v) is 5.07. The maximum atomic E-state index is 13.0. The van der Waals surface area contributed by atoms with E-state index in [1.165, 1.54) is 18.3 Å². The van der Waals surface area contributed by atoms with Crippen LogP contribution in [0.25, 0.3) is 11.0 Å². The van der Waals surface area contributed by atoms with E-state index in [2.05, 4.69) is 15.3 Å². The Balaban J connectivity index is 2.01. The van der Waals surface area contributed by atoms with Crippen molar-refractivity contribution in [3.8, 4) is 0 Å². The standard InChI is InChI=1S/C16H15FN4O/c1-9(10-2-4-11(17)5-3-10)21-14-12-6-7-19-16(12)20-8-13(14)15(18)22/h2-9H,1H3,(H2,18,22)(H2,19,20,21). The van der Waals surface area contributed by atoms with Crippen molar-refractivity contribution in [2.24, 2.45) is 5.73 Å². The number of H-pyrrole nitrogens is 1. The molecule has 0 bridgehead atoms. The van der Waals surface area contributed by atoms with Crippen molar-refractivity contribution in [2.45, 2.75) is 13.0 Å². The molecule has 0 aliphatic heterocycles. The van der Waals surface area contributed by atoms with Crippen molar-refractivity contribution < 1.29 is 9.18 Å². The Morgan fingerprint density at radius 1 is 1.32 bits per heavy atom. The molecule has 6 heteroatoms. The van der Waals surface area contributed by atoms with Gasteiger partial charge in [-0.1, -0.05) is 12.1 Å². The average Bonchev–Trinajstić information content (AvgIpc) is 2.96. The molecular formula is C16H15FN4O. The minimum absolute atomic E-state index is 0.126. The van der Waals surface area contributed by atoms with Crippen LogP contribution in [0.15, 0.2) is 42.7 Å². The molecule has 22 heavy (non-hydrogen) atoms. The molecule has 0 radical (unpaired) electrons. The summed E-state index contributed by atoms with van der Waals surface area (Å²) in [6.07, 6.45) is 3.19. The predicted octanol–water partition coefficient (Wildman–Crippen LogP) is 2.97. The monoisotopic (exact) mass is 298 g/mol. The van der Waals surface area contributed by atoms with Crippen molar-refractivity contribution in [3.05, 3.63) is 59.7 Å². The van der Waals surface area contributed by atoms with E-state index in [-0.39, 0.29) is 11.9 Å². The van der Waals surface area contributed by atoms with E-state index in [0.29, 0.717) is 16.9 Å². The van der Waals surface area contributed by atoms with E-state index < -0.39 is 5.91 Å². The number of amides is 1. The highest BCUT2D eigenvalue weighted by Gasteiger charge is 2.16. The Morgan fingerprint density at radius 2 is 2.05 bits per heavy atom. The number of nitrogens with one attached hydrogen (secondary N) is 2. The second kappa shape index (κ2) is 5.48. The van der Waals surface area contributed by atoms with E-state index in [9.17, 15) is 9.18 Å². The first kappa shape index (κ1) is 14.1. The number of rotatable bonds is 4. The predicted molar refractivity (Wildman–Crippen MR) is 83.0 cm³/mol. The van der Waals surface area contributed by atoms with Crippen LogP contribution >= 0.6 is 0 Å². The number of nitrogens with zero attached hydrogens (tertiary/aromatic N) is 1. The quantitative estimate of drug-likeness (QED) is 0.692. The van der Waals surface area contributed by atoms with E-state index in [0.717, 1.165) is 10.9 Å². The summed E-state index contributed by atoms with van der Waals surface area (Å²) in [5, 5.41) is 4.06. The van der Waals surface area contributed by atoms with Crippen LogP contribution in [0.1, 0.15) is 28.9 Å². The van der Waals surface area contributed by atoms with Gasteiger partial charge in [0.1, 0.15) is 11.5 Å². The number of aromatic amines is 1. The molecule has 1 aromatic carbocycles. The van der Waals surface area contributed by atoms with Gasteiger partial charge in [0.15, 0.2) is 0 Å². The van der Waals surface area contributed by atoms with Crippen LogP contribution in [0.4, 0.5) is 10.1 Å². The molecule has 1 unspecified atom stereocenters. The Hall–Kier alpha value is -2.89. The first-order valence-electron chi connectivity index (χ1n) is 6.84. The topological polar surface area (TPSA) is 83.8 Å². The van der Waals surface area contributed by atoms with Crippen LogP contribution in [-0.2, 0) is 0 Å². The number of halogens is 1. The molecule has 0 saturated heterocycles. The van der Waals surface area contributed by atoms with Gasteiger partial charge in [-0.05, 0) is 30.7 Å². The molecule has 3 aromatic rings. The minimum Gasteiger partial charge on any atom is -0.377 e. The molecule has 5 nitrogen and oxygen atoms in total. The number of primary amides is 1. The van der Waals surface area contributed by atoms with Gasteiger partial charge in [0.25, 0.3) is 5.91 Å². The summed E-state index contributed by atoms with van der Waals surface area (Å²) in [6, 6.07) is 7.91. The van der Waals surface area contributed by atoms with Crippen LogP contribution in [0.5, 0.6) is 0 Å². The Bertz CT molecular complexity index is 826. The third kappa shape index (κ3) is 2.50. The van der Waals surface area contributed by atoms with Gasteiger partial charge in [0.05, 0.1) is 11.3 Å². The highest BCUT2D eigenvalue weighted by Crippen LogP contribution is 2.29. The highest BCUT2D eigenvalue weighted by molar-refractivity contribution is 6.05. The molecule has 0 spiro atoms.